The standard InChI is InChI=1S/C14H18N2O3S/c1-10(2)13-14(17)15-12(9-16(13)20(3,18)19)11-7-5-4-6-8-11/h4-10,13H,1-3H3,(H,15,17). The summed E-state index contributed by atoms with van der Waals surface area (Å²) in [5, 5.41) is 2.78. The zero-order valence-corrected chi connectivity index (χ0v) is 12.5. The molecule has 1 aliphatic rings. The third-order valence-corrected chi connectivity index (χ3v) is 4.25. The van der Waals surface area contributed by atoms with Gasteiger partial charge in [-0.2, -0.15) is 0 Å². The third-order valence-electron chi connectivity index (χ3n) is 3.16. The highest BCUT2D eigenvalue weighted by Gasteiger charge is 2.36. The van der Waals surface area contributed by atoms with Crippen LogP contribution in [-0.4, -0.2) is 30.9 Å². The van der Waals surface area contributed by atoms with Gasteiger partial charge in [-0.1, -0.05) is 44.2 Å². The highest BCUT2D eigenvalue weighted by molar-refractivity contribution is 7.88. The average Bonchev–Trinajstić information content (AvgIpc) is 2.37. The van der Waals surface area contributed by atoms with Gasteiger partial charge in [0.15, 0.2) is 0 Å². The number of rotatable bonds is 3. The van der Waals surface area contributed by atoms with Crippen molar-refractivity contribution in [1.29, 1.82) is 0 Å². The van der Waals surface area contributed by atoms with E-state index in [0.29, 0.717) is 5.70 Å². The van der Waals surface area contributed by atoms with Crippen molar-refractivity contribution in [3.63, 3.8) is 0 Å². The Hall–Kier alpha value is -1.82. The lowest BCUT2D eigenvalue weighted by molar-refractivity contribution is -0.124. The van der Waals surface area contributed by atoms with Crippen LogP contribution < -0.4 is 5.32 Å². The van der Waals surface area contributed by atoms with Crippen molar-refractivity contribution in [2.24, 2.45) is 5.92 Å². The molecule has 0 radical (unpaired) electrons. The van der Waals surface area contributed by atoms with Crippen molar-refractivity contribution in [2.45, 2.75) is 19.9 Å². The first-order valence-electron chi connectivity index (χ1n) is 6.37. The molecule has 108 valence electrons. The minimum Gasteiger partial charge on any atom is -0.322 e. The Kier molecular flexibility index (Phi) is 3.85. The molecule has 0 aliphatic carbocycles. The molecule has 1 N–H and O–H groups in total. The van der Waals surface area contributed by atoms with Gasteiger partial charge in [0, 0.05) is 6.20 Å². The lowest BCUT2D eigenvalue weighted by Gasteiger charge is -2.35. The first kappa shape index (κ1) is 14.6. The molecular weight excluding hydrogens is 276 g/mol. The third kappa shape index (κ3) is 2.85. The SMILES string of the molecule is CC(C)C1C(=O)NC(c2ccccc2)=CN1S(C)(=O)=O. The van der Waals surface area contributed by atoms with E-state index in [9.17, 15) is 13.2 Å². The number of hydrogen-bond acceptors (Lipinski definition) is 3. The van der Waals surface area contributed by atoms with Gasteiger partial charge in [0.25, 0.3) is 0 Å². The van der Waals surface area contributed by atoms with Crippen LogP contribution >= 0.6 is 0 Å². The van der Waals surface area contributed by atoms with Gasteiger partial charge in [0.1, 0.15) is 6.04 Å². The van der Waals surface area contributed by atoms with Crippen LogP contribution in [0.2, 0.25) is 0 Å². The number of carbonyl (C=O) groups is 1. The molecule has 0 saturated carbocycles. The van der Waals surface area contributed by atoms with Crippen LogP contribution in [0.15, 0.2) is 36.5 Å². The van der Waals surface area contributed by atoms with E-state index in [1.807, 2.05) is 44.2 Å². The molecule has 2 rings (SSSR count). The van der Waals surface area contributed by atoms with Gasteiger partial charge in [0.2, 0.25) is 15.9 Å². The van der Waals surface area contributed by atoms with E-state index in [2.05, 4.69) is 5.32 Å². The van der Waals surface area contributed by atoms with E-state index >= 15 is 0 Å². The zero-order valence-electron chi connectivity index (χ0n) is 11.7. The van der Waals surface area contributed by atoms with Crippen molar-refractivity contribution in [3.8, 4) is 0 Å². The van der Waals surface area contributed by atoms with Crippen LogP contribution in [0, 0.1) is 5.92 Å². The summed E-state index contributed by atoms with van der Waals surface area (Å²) >= 11 is 0. The fourth-order valence-corrected chi connectivity index (χ4v) is 3.27. The van der Waals surface area contributed by atoms with Gasteiger partial charge in [-0.25, -0.2) is 8.42 Å². The fourth-order valence-electron chi connectivity index (χ4n) is 2.23. The monoisotopic (exact) mass is 294 g/mol. The minimum absolute atomic E-state index is 0.113. The van der Waals surface area contributed by atoms with Crippen molar-refractivity contribution >= 4 is 21.6 Å². The molecule has 0 fully saturated rings. The number of nitrogens with one attached hydrogen (secondary N) is 1. The van der Waals surface area contributed by atoms with Crippen molar-refractivity contribution in [3.05, 3.63) is 42.1 Å². The summed E-state index contributed by atoms with van der Waals surface area (Å²) in [4.78, 5) is 12.2. The number of hydrogen-bond donors (Lipinski definition) is 1. The molecule has 1 heterocycles. The van der Waals surface area contributed by atoms with E-state index < -0.39 is 16.1 Å². The van der Waals surface area contributed by atoms with Gasteiger partial charge in [-0.05, 0) is 11.5 Å². The Balaban J connectivity index is 2.50. The maximum absolute atomic E-state index is 12.2. The van der Waals surface area contributed by atoms with Gasteiger partial charge in [-0.3, -0.25) is 9.10 Å². The van der Waals surface area contributed by atoms with E-state index in [-0.39, 0.29) is 11.8 Å². The number of sulfonamides is 1. The Morgan fingerprint density at radius 2 is 1.80 bits per heavy atom. The largest absolute Gasteiger partial charge is 0.322 e. The van der Waals surface area contributed by atoms with Crippen molar-refractivity contribution in [2.75, 3.05) is 6.26 Å². The predicted octanol–water partition coefficient (Wildman–Crippen LogP) is 1.40. The van der Waals surface area contributed by atoms with Crippen LogP contribution in [-0.2, 0) is 14.8 Å². The Bertz CT molecular complexity index is 636. The van der Waals surface area contributed by atoms with E-state index in [4.69, 9.17) is 0 Å². The van der Waals surface area contributed by atoms with Crippen LogP contribution in [0.5, 0.6) is 0 Å². The fraction of sp³-hybridized carbons (Fsp3) is 0.357. The van der Waals surface area contributed by atoms with Crippen LogP contribution in [0.3, 0.4) is 0 Å². The highest BCUT2D eigenvalue weighted by atomic mass is 32.2. The Labute approximate surface area is 119 Å². The number of nitrogens with zero attached hydrogens (tertiary/aromatic N) is 1. The van der Waals surface area contributed by atoms with Gasteiger partial charge < -0.3 is 5.32 Å². The molecule has 1 aromatic rings. The molecule has 1 aromatic carbocycles. The lowest BCUT2D eigenvalue weighted by Crippen LogP contribution is -2.52. The summed E-state index contributed by atoms with van der Waals surface area (Å²) in [7, 11) is -3.50. The normalized spacial score (nSPS) is 19.8. The second-order valence-corrected chi connectivity index (χ2v) is 7.07. The number of benzene rings is 1. The first-order valence-corrected chi connectivity index (χ1v) is 8.22. The lowest BCUT2D eigenvalue weighted by atomic mass is 10.0. The average molecular weight is 294 g/mol. The zero-order chi connectivity index (χ0) is 14.9. The number of amides is 1. The second-order valence-electron chi connectivity index (χ2n) is 5.18. The van der Waals surface area contributed by atoms with Crippen molar-refractivity contribution < 1.29 is 13.2 Å². The van der Waals surface area contributed by atoms with E-state index in [1.165, 1.54) is 6.20 Å². The highest BCUT2D eigenvalue weighted by Crippen LogP contribution is 2.24. The second kappa shape index (κ2) is 5.28. The van der Waals surface area contributed by atoms with Crippen LogP contribution in [0.4, 0.5) is 0 Å². The summed E-state index contributed by atoms with van der Waals surface area (Å²) in [5.74, 6) is -0.412. The summed E-state index contributed by atoms with van der Waals surface area (Å²) in [6.45, 7) is 3.65. The summed E-state index contributed by atoms with van der Waals surface area (Å²) in [5.41, 5.74) is 1.27. The van der Waals surface area contributed by atoms with Crippen molar-refractivity contribution in [1.82, 2.24) is 9.62 Å². The van der Waals surface area contributed by atoms with Gasteiger partial charge >= 0.3 is 0 Å². The predicted molar refractivity (Wildman–Crippen MR) is 77.9 cm³/mol. The van der Waals surface area contributed by atoms with E-state index in [0.717, 1.165) is 16.1 Å². The molecular formula is C14H18N2O3S. The number of carbonyl (C=O) groups excluding carboxylic acids is 1. The molecule has 0 aromatic heterocycles. The quantitative estimate of drug-likeness (QED) is 0.916. The first-order chi connectivity index (χ1) is 9.30. The summed E-state index contributed by atoms with van der Waals surface area (Å²) < 4.78 is 25.0. The molecule has 0 saturated heterocycles. The van der Waals surface area contributed by atoms with Crippen LogP contribution in [0.1, 0.15) is 19.4 Å². The topological polar surface area (TPSA) is 66.5 Å². The Morgan fingerprint density at radius 1 is 1.20 bits per heavy atom. The smallest absolute Gasteiger partial charge is 0.248 e. The molecule has 0 bridgehead atoms. The minimum atomic E-state index is -3.50. The van der Waals surface area contributed by atoms with Gasteiger partial charge in [-0.15, -0.1) is 0 Å². The molecule has 6 heteroatoms. The maximum atomic E-state index is 12.2. The maximum Gasteiger partial charge on any atom is 0.248 e. The molecule has 1 unspecified atom stereocenters. The van der Waals surface area contributed by atoms with Gasteiger partial charge in [0.05, 0.1) is 12.0 Å². The molecule has 5 nitrogen and oxygen atoms in total. The Morgan fingerprint density at radius 3 is 2.30 bits per heavy atom. The summed E-state index contributed by atoms with van der Waals surface area (Å²) in [6.07, 6.45) is 2.61. The molecule has 1 amide bonds. The molecule has 1 aliphatic heterocycles. The molecule has 20 heavy (non-hydrogen) atoms. The summed E-state index contributed by atoms with van der Waals surface area (Å²) in [6, 6.07) is 8.46. The van der Waals surface area contributed by atoms with Crippen LogP contribution in [0.25, 0.3) is 5.70 Å². The molecule has 0 spiro atoms. The van der Waals surface area contributed by atoms with E-state index in [1.54, 1.807) is 0 Å². The molecule has 1 atom stereocenters.